The molecule has 3 heterocycles. The summed E-state index contributed by atoms with van der Waals surface area (Å²) in [5, 5.41) is 7.58. The number of hydrogen-bond acceptors (Lipinski definition) is 7. The number of fused-ring (bicyclic) bond motifs is 1. The van der Waals surface area contributed by atoms with Crippen molar-refractivity contribution in [3.05, 3.63) is 65.2 Å². The van der Waals surface area contributed by atoms with Crippen LogP contribution in [0.5, 0.6) is 0 Å². The van der Waals surface area contributed by atoms with Crippen LogP contribution in [0, 0.1) is 13.8 Å². The van der Waals surface area contributed by atoms with E-state index in [0.29, 0.717) is 33.7 Å². The molecule has 2 amide bonds. The molecule has 0 spiro atoms. The first-order valence-electron chi connectivity index (χ1n) is 11.4. The number of amides is 2. The van der Waals surface area contributed by atoms with Crippen molar-refractivity contribution >= 4 is 34.5 Å². The fraction of sp³-hybridized carbons (Fsp3) is 0.269. The number of hydrogen-bond donors (Lipinski definition) is 2. The van der Waals surface area contributed by atoms with Crippen LogP contribution in [0.25, 0.3) is 22.3 Å². The van der Waals surface area contributed by atoms with Gasteiger partial charge in [-0.1, -0.05) is 0 Å². The van der Waals surface area contributed by atoms with Crippen molar-refractivity contribution in [2.75, 3.05) is 5.32 Å². The molecule has 4 aromatic rings. The lowest BCUT2D eigenvalue weighted by Gasteiger charge is -2.15. The number of pyridine rings is 1. The zero-order valence-electron chi connectivity index (χ0n) is 20.7. The van der Waals surface area contributed by atoms with E-state index in [9.17, 15) is 14.4 Å². The number of rotatable bonds is 7. The van der Waals surface area contributed by atoms with Crippen LogP contribution in [0.4, 0.5) is 5.69 Å². The molecule has 3 aromatic heterocycles. The Balaban J connectivity index is 1.62. The van der Waals surface area contributed by atoms with Crippen molar-refractivity contribution in [3.63, 3.8) is 0 Å². The number of anilines is 1. The third kappa shape index (κ3) is 4.83. The molecular weight excluding hydrogens is 462 g/mol. The number of furan rings is 1. The Kier molecular flexibility index (Phi) is 6.61. The van der Waals surface area contributed by atoms with Gasteiger partial charge in [0, 0.05) is 22.9 Å². The highest BCUT2D eigenvalue weighted by atomic mass is 16.5. The summed E-state index contributed by atoms with van der Waals surface area (Å²) in [7, 11) is 0. The minimum atomic E-state index is -1.10. The number of ether oxygens (including phenoxy) is 1. The summed E-state index contributed by atoms with van der Waals surface area (Å²) in [6, 6.07) is 9.56. The molecule has 1 atom stereocenters. The first-order chi connectivity index (χ1) is 17.0. The summed E-state index contributed by atoms with van der Waals surface area (Å²) >= 11 is 0. The van der Waals surface area contributed by atoms with E-state index in [1.54, 1.807) is 29.1 Å². The van der Waals surface area contributed by atoms with Crippen LogP contribution >= 0.6 is 0 Å². The Labute approximate surface area is 207 Å². The fourth-order valence-electron chi connectivity index (χ4n) is 3.83. The van der Waals surface area contributed by atoms with E-state index in [0.717, 1.165) is 11.3 Å². The predicted octanol–water partition coefficient (Wildman–Crippen LogP) is 4.17. The van der Waals surface area contributed by atoms with E-state index in [4.69, 9.17) is 19.9 Å². The van der Waals surface area contributed by atoms with Gasteiger partial charge in [0.25, 0.3) is 5.91 Å². The molecule has 0 aliphatic carbocycles. The van der Waals surface area contributed by atoms with Crippen LogP contribution in [0.3, 0.4) is 0 Å². The molecule has 36 heavy (non-hydrogen) atoms. The molecule has 1 aromatic carbocycles. The predicted molar refractivity (Wildman–Crippen MR) is 134 cm³/mol. The first kappa shape index (κ1) is 24.6. The number of aryl methyl sites for hydroxylation is 2. The van der Waals surface area contributed by atoms with Crippen LogP contribution in [0.1, 0.15) is 59.0 Å². The van der Waals surface area contributed by atoms with Crippen LogP contribution in [0.15, 0.2) is 47.0 Å². The molecule has 0 aliphatic rings. The minimum Gasteiger partial charge on any atom is -0.466 e. The number of primary amides is 1. The van der Waals surface area contributed by atoms with Crippen LogP contribution in [0.2, 0.25) is 0 Å². The van der Waals surface area contributed by atoms with Crippen LogP contribution < -0.4 is 11.1 Å². The molecule has 0 fully saturated rings. The molecule has 3 N–H and O–H groups in total. The molecule has 1 unspecified atom stereocenters. The highest BCUT2D eigenvalue weighted by molar-refractivity contribution is 6.05. The van der Waals surface area contributed by atoms with Crippen molar-refractivity contribution in [1.82, 2.24) is 14.8 Å². The van der Waals surface area contributed by atoms with Gasteiger partial charge in [-0.15, -0.1) is 0 Å². The molecule has 0 radical (unpaired) electrons. The summed E-state index contributed by atoms with van der Waals surface area (Å²) in [5.41, 5.74) is 8.05. The van der Waals surface area contributed by atoms with Gasteiger partial charge in [0.15, 0.2) is 11.8 Å². The zero-order valence-corrected chi connectivity index (χ0v) is 20.7. The van der Waals surface area contributed by atoms with E-state index < -0.39 is 23.9 Å². The number of benzene rings is 1. The van der Waals surface area contributed by atoms with Gasteiger partial charge >= 0.3 is 5.97 Å². The van der Waals surface area contributed by atoms with Gasteiger partial charge in [-0.25, -0.2) is 14.5 Å². The molecular formula is C26H27N5O5. The maximum Gasteiger partial charge on any atom is 0.339 e. The van der Waals surface area contributed by atoms with Gasteiger partial charge < -0.3 is 20.2 Å². The van der Waals surface area contributed by atoms with Gasteiger partial charge in [-0.05, 0) is 71.0 Å². The largest absolute Gasteiger partial charge is 0.466 e. The molecule has 10 heteroatoms. The van der Waals surface area contributed by atoms with Crippen molar-refractivity contribution < 1.29 is 23.5 Å². The summed E-state index contributed by atoms with van der Waals surface area (Å²) in [6.45, 7) is 9.08. The van der Waals surface area contributed by atoms with Crippen molar-refractivity contribution in [2.45, 2.75) is 46.8 Å². The molecule has 0 aliphatic heterocycles. The summed E-state index contributed by atoms with van der Waals surface area (Å²) < 4.78 is 12.9. The Morgan fingerprint density at radius 3 is 2.36 bits per heavy atom. The van der Waals surface area contributed by atoms with Gasteiger partial charge in [0.2, 0.25) is 5.91 Å². The minimum absolute atomic E-state index is 0.00644. The fourth-order valence-corrected chi connectivity index (χ4v) is 3.83. The third-order valence-electron chi connectivity index (χ3n) is 5.68. The highest BCUT2D eigenvalue weighted by Gasteiger charge is 2.24. The molecule has 186 valence electrons. The second kappa shape index (κ2) is 9.65. The number of carbonyl (C=O) groups is 3. The highest BCUT2D eigenvalue weighted by Crippen LogP contribution is 2.30. The molecule has 4 rings (SSSR count). The molecule has 0 bridgehead atoms. The molecule has 0 saturated carbocycles. The van der Waals surface area contributed by atoms with Crippen LogP contribution in [-0.2, 0) is 9.53 Å². The van der Waals surface area contributed by atoms with Gasteiger partial charge in [0.05, 0.1) is 22.8 Å². The Bertz CT molecular complexity index is 1470. The van der Waals surface area contributed by atoms with Crippen LogP contribution in [-0.4, -0.2) is 38.7 Å². The van der Waals surface area contributed by atoms with Gasteiger partial charge in [-0.2, -0.15) is 5.10 Å². The summed E-state index contributed by atoms with van der Waals surface area (Å²) in [4.78, 5) is 41.9. The topological polar surface area (TPSA) is 142 Å². The van der Waals surface area contributed by atoms with Crippen molar-refractivity contribution in [3.8, 4) is 11.3 Å². The summed E-state index contributed by atoms with van der Waals surface area (Å²) in [5.74, 6) is -0.388. The number of nitrogens with one attached hydrogen (secondary N) is 1. The van der Waals surface area contributed by atoms with Gasteiger partial charge in [0.1, 0.15) is 11.5 Å². The molecule has 0 saturated heterocycles. The normalized spacial score (nSPS) is 12.1. The Hall–Kier alpha value is -4.47. The Morgan fingerprint density at radius 2 is 1.78 bits per heavy atom. The number of nitrogens with zero attached hydrogens (tertiary/aromatic N) is 3. The average molecular weight is 490 g/mol. The lowest BCUT2D eigenvalue weighted by atomic mass is 10.1. The monoisotopic (exact) mass is 489 g/mol. The lowest BCUT2D eigenvalue weighted by Crippen LogP contribution is -2.30. The number of esters is 1. The van der Waals surface area contributed by atoms with Crippen molar-refractivity contribution in [1.29, 1.82) is 0 Å². The zero-order chi connectivity index (χ0) is 26.1. The van der Waals surface area contributed by atoms with E-state index >= 15 is 0 Å². The number of aromatic nitrogens is 3. The van der Waals surface area contributed by atoms with E-state index in [1.165, 1.54) is 19.1 Å². The maximum atomic E-state index is 13.3. The van der Waals surface area contributed by atoms with E-state index in [2.05, 4.69) is 10.4 Å². The smallest absolute Gasteiger partial charge is 0.339 e. The SMILES string of the molecule is Cc1cc(-c2cc(C(=O)OC(C)C(=O)Nc3ccc(C(N)=O)cc3)c3cnn(C(C)C)c3n2)c(C)o1. The van der Waals surface area contributed by atoms with Gasteiger partial charge in [-0.3, -0.25) is 9.59 Å². The second-order valence-electron chi connectivity index (χ2n) is 8.78. The lowest BCUT2D eigenvalue weighted by molar-refractivity contribution is -0.123. The quantitative estimate of drug-likeness (QED) is 0.371. The Morgan fingerprint density at radius 1 is 1.08 bits per heavy atom. The standard InChI is InChI=1S/C26H27N5O5/c1-13(2)31-24-21(12-28-31)20(11-22(30-24)19-10-14(3)35-15(19)4)26(34)36-16(5)25(33)29-18-8-6-17(7-9-18)23(27)32/h6-13,16H,1-5H3,(H2,27,32)(H,29,33). The van der Waals surface area contributed by atoms with E-state index in [-0.39, 0.29) is 11.6 Å². The number of carbonyl (C=O) groups excluding carboxylic acids is 3. The van der Waals surface area contributed by atoms with E-state index in [1.807, 2.05) is 33.8 Å². The summed E-state index contributed by atoms with van der Waals surface area (Å²) in [6.07, 6.45) is 0.472. The first-order valence-corrected chi connectivity index (χ1v) is 11.4. The average Bonchev–Trinajstić information content (AvgIpc) is 3.40. The number of nitrogens with two attached hydrogens (primary N) is 1. The van der Waals surface area contributed by atoms with Crippen molar-refractivity contribution in [2.24, 2.45) is 5.73 Å². The maximum absolute atomic E-state index is 13.3. The molecule has 10 nitrogen and oxygen atoms in total. The second-order valence-corrected chi connectivity index (χ2v) is 8.78. The third-order valence-corrected chi connectivity index (χ3v) is 5.68.